The van der Waals surface area contributed by atoms with Crippen LogP contribution in [0.2, 0.25) is 6.04 Å². The van der Waals surface area contributed by atoms with E-state index < -0.39 is 8.80 Å². The van der Waals surface area contributed by atoms with Gasteiger partial charge in [-0.2, -0.15) is 0 Å². The topological polar surface area (TPSA) is 51.8 Å². The molecule has 0 unspecified atom stereocenters. The Bertz CT molecular complexity index is 380. The summed E-state index contributed by atoms with van der Waals surface area (Å²) in [7, 11) is 2.60. The lowest BCUT2D eigenvalue weighted by Crippen LogP contribution is -2.43. The van der Waals surface area contributed by atoms with Crippen molar-refractivity contribution < 1.29 is 13.3 Å². The predicted octanol–water partition coefficient (Wildman–Crippen LogP) is 2.41. The van der Waals surface area contributed by atoms with Crippen molar-refractivity contribution >= 4 is 8.80 Å². The molecule has 132 valence electrons. The lowest BCUT2D eigenvalue weighted by molar-refractivity contribution is 0.123. The van der Waals surface area contributed by atoms with Crippen LogP contribution in [0.25, 0.3) is 0 Å². The third kappa shape index (κ3) is 8.60. The number of hydrogen-bond donors (Lipinski definition) is 2. The standard InChI is InChI=1S/C17H32N2O3Si/c1-20-23(21-2,22-3)15-9-14-18-12-7-8-13-19-16-17-10-5-4-6-11-17/h4-6,10-11,18-19H,7-9,12-16H2,1-3H3. The van der Waals surface area contributed by atoms with E-state index in [1.165, 1.54) is 18.4 Å². The molecule has 0 aliphatic carbocycles. The van der Waals surface area contributed by atoms with Crippen molar-refractivity contribution in [1.29, 1.82) is 0 Å². The molecule has 0 saturated carbocycles. The molecule has 0 amide bonds. The molecule has 0 spiro atoms. The number of unbranched alkanes of at least 4 members (excludes halogenated alkanes) is 1. The van der Waals surface area contributed by atoms with Crippen LogP contribution in [0.5, 0.6) is 0 Å². The van der Waals surface area contributed by atoms with E-state index in [9.17, 15) is 0 Å². The fraction of sp³-hybridized carbons (Fsp3) is 0.647. The minimum Gasteiger partial charge on any atom is -0.377 e. The lowest BCUT2D eigenvalue weighted by atomic mass is 10.2. The Balaban J connectivity index is 1.92. The summed E-state index contributed by atoms with van der Waals surface area (Å²) in [6.07, 6.45) is 3.38. The van der Waals surface area contributed by atoms with Crippen molar-refractivity contribution in [2.45, 2.75) is 31.9 Å². The van der Waals surface area contributed by atoms with Crippen LogP contribution in [0.15, 0.2) is 30.3 Å². The second-order valence-electron chi connectivity index (χ2n) is 5.52. The van der Waals surface area contributed by atoms with Gasteiger partial charge in [-0.05, 0) is 44.5 Å². The van der Waals surface area contributed by atoms with E-state index in [1.807, 2.05) is 6.07 Å². The highest BCUT2D eigenvalue weighted by molar-refractivity contribution is 6.60. The van der Waals surface area contributed by atoms with Gasteiger partial charge in [0, 0.05) is 33.9 Å². The molecule has 0 fully saturated rings. The molecule has 2 N–H and O–H groups in total. The smallest absolute Gasteiger partial charge is 0.377 e. The van der Waals surface area contributed by atoms with E-state index in [2.05, 4.69) is 34.9 Å². The van der Waals surface area contributed by atoms with E-state index in [0.717, 1.165) is 38.6 Å². The molecule has 1 rings (SSSR count). The van der Waals surface area contributed by atoms with Crippen LogP contribution in [0, 0.1) is 0 Å². The molecular formula is C17H32N2O3Si. The predicted molar refractivity (Wildman–Crippen MR) is 96.5 cm³/mol. The van der Waals surface area contributed by atoms with E-state index in [4.69, 9.17) is 13.3 Å². The van der Waals surface area contributed by atoms with Gasteiger partial charge in [-0.25, -0.2) is 0 Å². The highest BCUT2D eigenvalue weighted by Crippen LogP contribution is 2.14. The molecule has 0 aliphatic heterocycles. The van der Waals surface area contributed by atoms with Crippen molar-refractivity contribution in [1.82, 2.24) is 10.6 Å². The van der Waals surface area contributed by atoms with Gasteiger partial charge in [0.05, 0.1) is 0 Å². The minimum atomic E-state index is -2.39. The summed E-state index contributed by atoms with van der Waals surface area (Å²) in [6.45, 7) is 4.03. The second kappa shape index (κ2) is 12.6. The van der Waals surface area contributed by atoms with Crippen LogP contribution in [-0.4, -0.2) is 49.8 Å². The summed E-state index contributed by atoms with van der Waals surface area (Å²) in [4.78, 5) is 0. The van der Waals surface area contributed by atoms with Crippen molar-refractivity contribution in [3.8, 4) is 0 Å². The van der Waals surface area contributed by atoms with Gasteiger partial charge < -0.3 is 23.9 Å². The summed E-state index contributed by atoms with van der Waals surface area (Å²) < 4.78 is 16.2. The minimum absolute atomic E-state index is 0.849. The zero-order valence-corrected chi connectivity index (χ0v) is 15.8. The molecule has 23 heavy (non-hydrogen) atoms. The lowest BCUT2D eigenvalue weighted by Gasteiger charge is -2.24. The highest BCUT2D eigenvalue weighted by atomic mass is 28.4. The third-order valence-electron chi connectivity index (χ3n) is 3.90. The average molecular weight is 341 g/mol. The monoisotopic (exact) mass is 340 g/mol. The Morgan fingerprint density at radius 2 is 1.35 bits per heavy atom. The van der Waals surface area contributed by atoms with E-state index in [1.54, 1.807) is 21.3 Å². The van der Waals surface area contributed by atoms with Crippen LogP contribution in [0.4, 0.5) is 0 Å². The van der Waals surface area contributed by atoms with Gasteiger partial charge in [0.1, 0.15) is 0 Å². The van der Waals surface area contributed by atoms with Crippen molar-refractivity contribution in [3.05, 3.63) is 35.9 Å². The number of benzene rings is 1. The molecular weight excluding hydrogens is 308 g/mol. The van der Waals surface area contributed by atoms with Gasteiger partial charge in [0.2, 0.25) is 0 Å². The molecule has 0 heterocycles. The van der Waals surface area contributed by atoms with E-state index in [0.29, 0.717) is 0 Å². The summed E-state index contributed by atoms with van der Waals surface area (Å²) in [6, 6.07) is 11.4. The molecule has 5 nitrogen and oxygen atoms in total. The summed E-state index contributed by atoms with van der Waals surface area (Å²) in [5, 5.41) is 6.94. The third-order valence-corrected chi connectivity index (χ3v) is 6.73. The number of rotatable bonds is 14. The van der Waals surface area contributed by atoms with Gasteiger partial charge in [-0.1, -0.05) is 30.3 Å². The molecule has 1 aromatic rings. The van der Waals surface area contributed by atoms with Crippen LogP contribution in [-0.2, 0) is 19.8 Å². The van der Waals surface area contributed by atoms with Gasteiger partial charge >= 0.3 is 8.80 Å². The van der Waals surface area contributed by atoms with Gasteiger partial charge in [0.15, 0.2) is 0 Å². The van der Waals surface area contributed by atoms with Gasteiger partial charge in [0.25, 0.3) is 0 Å². The zero-order chi connectivity index (χ0) is 16.8. The normalized spacial score (nSPS) is 11.8. The van der Waals surface area contributed by atoms with Gasteiger partial charge in [-0.15, -0.1) is 0 Å². The zero-order valence-electron chi connectivity index (χ0n) is 14.8. The first-order valence-corrected chi connectivity index (χ1v) is 10.3. The quantitative estimate of drug-likeness (QED) is 0.402. The molecule has 0 atom stereocenters. The molecule has 0 aromatic heterocycles. The molecule has 1 aromatic carbocycles. The van der Waals surface area contributed by atoms with Gasteiger partial charge in [-0.3, -0.25) is 0 Å². The van der Waals surface area contributed by atoms with Crippen molar-refractivity contribution in [2.75, 3.05) is 41.0 Å². The first-order chi connectivity index (χ1) is 11.3. The van der Waals surface area contributed by atoms with Crippen LogP contribution < -0.4 is 10.6 Å². The molecule has 0 saturated heterocycles. The molecule has 0 aliphatic rings. The van der Waals surface area contributed by atoms with Crippen LogP contribution >= 0.6 is 0 Å². The maximum absolute atomic E-state index is 5.40. The molecule has 0 bridgehead atoms. The van der Waals surface area contributed by atoms with E-state index in [-0.39, 0.29) is 0 Å². The molecule has 6 heteroatoms. The van der Waals surface area contributed by atoms with Crippen LogP contribution in [0.3, 0.4) is 0 Å². The first kappa shape index (κ1) is 20.3. The number of hydrogen-bond acceptors (Lipinski definition) is 5. The Hall–Kier alpha value is -0.763. The van der Waals surface area contributed by atoms with Crippen LogP contribution in [0.1, 0.15) is 24.8 Å². The van der Waals surface area contributed by atoms with Crippen molar-refractivity contribution in [2.24, 2.45) is 0 Å². The Morgan fingerprint density at radius 3 is 1.96 bits per heavy atom. The number of nitrogens with one attached hydrogen (secondary N) is 2. The average Bonchev–Trinajstić information content (AvgIpc) is 2.61. The Labute approximate surface area is 142 Å². The fourth-order valence-corrected chi connectivity index (χ4v) is 4.16. The second-order valence-corrected chi connectivity index (χ2v) is 8.61. The highest BCUT2D eigenvalue weighted by Gasteiger charge is 2.36. The Kier molecular flexibility index (Phi) is 11.1. The summed E-state index contributed by atoms with van der Waals surface area (Å²) in [5.74, 6) is 0. The summed E-state index contributed by atoms with van der Waals surface area (Å²) >= 11 is 0. The molecule has 0 radical (unpaired) electrons. The first-order valence-electron chi connectivity index (χ1n) is 8.37. The maximum Gasteiger partial charge on any atom is 0.500 e. The largest absolute Gasteiger partial charge is 0.500 e. The fourth-order valence-electron chi connectivity index (χ4n) is 2.44. The van der Waals surface area contributed by atoms with Crippen molar-refractivity contribution in [3.63, 3.8) is 0 Å². The Morgan fingerprint density at radius 1 is 0.783 bits per heavy atom. The summed E-state index contributed by atoms with van der Waals surface area (Å²) in [5.41, 5.74) is 1.34. The van der Waals surface area contributed by atoms with E-state index >= 15 is 0 Å². The SMILES string of the molecule is CO[Si](CCCNCCCCNCc1ccccc1)(OC)OC. The maximum atomic E-state index is 5.40.